The van der Waals surface area contributed by atoms with E-state index in [4.69, 9.17) is 4.74 Å². The number of allylic oxidation sites excluding steroid dienone is 1. The molecule has 0 aliphatic heterocycles. The van der Waals surface area contributed by atoms with Gasteiger partial charge in [-0.05, 0) is 104 Å². The number of sulfonamides is 1. The van der Waals surface area contributed by atoms with Gasteiger partial charge in [-0.1, -0.05) is 54.1 Å². The van der Waals surface area contributed by atoms with Gasteiger partial charge in [0.05, 0.1) is 4.90 Å². The van der Waals surface area contributed by atoms with Crippen LogP contribution in [0, 0.1) is 11.6 Å². The fourth-order valence-corrected chi connectivity index (χ4v) is 6.67. The molecule has 1 aliphatic carbocycles. The molecule has 1 aliphatic rings. The third-order valence-corrected chi connectivity index (χ3v) is 9.66. The lowest BCUT2D eigenvalue weighted by atomic mass is 9.97. The minimum absolute atomic E-state index is 0.0325. The number of carbonyl (C=O) groups excluding carboxylic acids is 2. The van der Waals surface area contributed by atoms with Gasteiger partial charge in [0.25, 0.3) is 15.9 Å². The van der Waals surface area contributed by atoms with Gasteiger partial charge in [-0.15, -0.1) is 0 Å². The van der Waals surface area contributed by atoms with Gasteiger partial charge in [-0.2, -0.15) is 0 Å². The van der Waals surface area contributed by atoms with Crippen LogP contribution in [-0.2, 0) is 32.6 Å². The van der Waals surface area contributed by atoms with Crippen molar-refractivity contribution in [2.75, 3.05) is 17.9 Å². The average Bonchev–Trinajstić information content (AvgIpc) is 3.11. The first-order valence-corrected chi connectivity index (χ1v) is 17.7. The topological polar surface area (TPSA) is 105 Å². The molecular formula is C38H39F2N3O5S. The summed E-state index contributed by atoms with van der Waals surface area (Å²) in [5, 5.41) is 3.04. The number of rotatable bonds is 15. The van der Waals surface area contributed by atoms with Crippen LogP contribution in [0.4, 0.5) is 14.5 Å². The third kappa shape index (κ3) is 10.5. The van der Waals surface area contributed by atoms with Gasteiger partial charge >= 0.3 is 0 Å². The molecule has 0 saturated heterocycles. The number of carbonyl (C=O) groups is 2. The van der Waals surface area contributed by atoms with E-state index in [2.05, 4.69) is 16.1 Å². The Morgan fingerprint density at radius 2 is 1.49 bits per heavy atom. The number of nitrogens with zero attached hydrogens (tertiary/aromatic N) is 1. The first-order chi connectivity index (χ1) is 23.7. The molecule has 256 valence electrons. The van der Waals surface area contributed by atoms with E-state index >= 15 is 0 Å². The molecule has 0 radical (unpaired) electrons. The van der Waals surface area contributed by atoms with Crippen molar-refractivity contribution in [3.63, 3.8) is 0 Å². The van der Waals surface area contributed by atoms with Gasteiger partial charge in [0.15, 0.2) is 6.61 Å². The predicted octanol–water partition coefficient (Wildman–Crippen LogP) is 6.79. The predicted molar refractivity (Wildman–Crippen MR) is 184 cm³/mol. The number of halogens is 2. The summed E-state index contributed by atoms with van der Waals surface area (Å²) in [5.41, 5.74) is 3.02. The van der Waals surface area contributed by atoms with E-state index in [-0.39, 0.29) is 35.2 Å². The van der Waals surface area contributed by atoms with Crippen molar-refractivity contribution in [3.05, 3.63) is 138 Å². The van der Waals surface area contributed by atoms with Gasteiger partial charge in [0.2, 0.25) is 5.91 Å². The highest BCUT2D eigenvalue weighted by Crippen LogP contribution is 2.22. The first-order valence-electron chi connectivity index (χ1n) is 16.2. The quantitative estimate of drug-likeness (QED) is 0.134. The maximum absolute atomic E-state index is 13.9. The van der Waals surface area contributed by atoms with E-state index in [1.54, 1.807) is 12.1 Å². The van der Waals surface area contributed by atoms with Crippen molar-refractivity contribution in [2.24, 2.45) is 0 Å². The standard InChI is InChI=1S/C38H39F2N3O5S/c39-31-13-11-30(12-14-31)26-43(36(25-29-9-5-2-6-10-29)38(45)41-24-23-28-7-3-1-4-8-28)37(44)27-48-34-19-21-35(22-20-34)49(46,47)42-33-17-15-32(40)16-18-33/h2,5-7,9-22,36,42H,1,3-4,8,23-27H2,(H,41,45). The highest BCUT2D eigenvalue weighted by molar-refractivity contribution is 7.92. The number of amides is 2. The monoisotopic (exact) mass is 687 g/mol. The zero-order chi connectivity index (χ0) is 34.6. The fourth-order valence-electron chi connectivity index (χ4n) is 5.61. The van der Waals surface area contributed by atoms with Crippen LogP contribution in [0.2, 0.25) is 0 Å². The summed E-state index contributed by atoms with van der Waals surface area (Å²) >= 11 is 0. The number of hydrogen-bond acceptors (Lipinski definition) is 5. The van der Waals surface area contributed by atoms with Crippen LogP contribution in [0.5, 0.6) is 5.75 Å². The molecule has 0 fully saturated rings. The van der Waals surface area contributed by atoms with Crippen molar-refractivity contribution >= 4 is 27.5 Å². The Morgan fingerprint density at radius 1 is 0.816 bits per heavy atom. The zero-order valence-electron chi connectivity index (χ0n) is 27.0. The number of hydrogen-bond donors (Lipinski definition) is 2. The summed E-state index contributed by atoms with van der Waals surface area (Å²) in [4.78, 5) is 29.1. The summed E-state index contributed by atoms with van der Waals surface area (Å²) in [7, 11) is -3.97. The normalized spacial score (nSPS) is 13.6. The Hall–Kier alpha value is -5.03. The molecular weight excluding hydrogens is 648 g/mol. The molecule has 2 amide bonds. The average molecular weight is 688 g/mol. The van der Waals surface area contributed by atoms with Crippen molar-refractivity contribution in [1.29, 1.82) is 0 Å². The number of ether oxygens (including phenoxy) is 1. The zero-order valence-corrected chi connectivity index (χ0v) is 27.8. The SMILES string of the molecule is O=C(NCCC1=CCCCC1)C(Cc1ccccc1)N(Cc1ccc(F)cc1)C(=O)COc1ccc(S(=O)(=O)Nc2ccc(F)cc2)cc1. The Labute approximate surface area is 285 Å². The van der Waals surface area contributed by atoms with E-state index in [0.717, 1.165) is 43.4 Å². The fraction of sp³-hybridized carbons (Fsp3) is 0.263. The van der Waals surface area contributed by atoms with Gasteiger partial charge in [0.1, 0.15) is 23.4 Å². The number of benzene rings is 4. The summed E-state index contributed by atoms with van der Waals surface area (Å²) in [6.45, 7) is 0.0354. The van der Waals surface area contributed by atoms with Crippen LogP contribution in [0.15, 0.2) is 120 Å². The van der Waals surface area contributed by atoms with Gasteiger partial charge in [-0.3, -0.25) is 14.3 Å². The van der Waals surface area contributed by atoms with Crippen LogP contribution < -0.4 is 14.8 Å². The molecule has 2 N–H and O–H groups in total. The second kappa shape index (κ2) is 16.9. The molecule has 0 aromatic heterocycles. The highest BCUT2D eigenvalue weighted by atomic mass is 32.2. The summed E-state index contributed by atoms with van der Waals surface area (Å²) < 4.78 is 60.8. The molecule has 5 rings (SSSR count). The minimum atomic E-state index is -3.97. The van der Waals surface area contributed by atoms with Crippen LogP contribution in [0.25, 0.3) is 0 Å². The molecule has 11 heteroatoms. The highest BCUT2D eigenvalue weighted by Gasteiger charge is 2.31. The Balaban J connectivity index is 1.32. The molecule has 4 aromatic rings. The second-order valence-electron chi connectivity index (χ2n) is 11.9. The molecule has 1 atom stereocenters. The van der Waals surface area contributed by atoms with E-state index in [9.17, 15) is 26.8 Å². The molecule has 0 spiro atoms. The Kier molecular flexibility index (Phi) is 12.2. The van der Waals surface area contributed by atoms with E-state index in [1.807, 2.05) is 30.3 Å². The van der Waals surface area contributed by atoms with Crippen molar-refractivity contribution in [1.82, 2.24) is 10.2 Å². The lowest BCUT2D eigenvalue weighted by molar-refractivity contribution is -0.142. The van der Waals surface area contributed by atoms with Gasteiger partial charge in [-0.25, -0.2) is 17.2 Å². The molecule has 0 bridgehead atoms. The summed E-state index contributed by atoms with van der Waals surface area (Å²) in [5.74, 6) is -1.46. The lowest BCUT2D eigenvalue weighted by Gasteiger charge is -2.31. The maximum atomic E-state index is 13.9. The Morgan fingerprint density at radius 3 is 2.14 bits per heavy atom. The molecule has 0 saturated carbocycles. The molecule has 49 heavy (non-hydrogen) atoms. The lowest BCUT2D eigenvalue weighted by Crippen LogP contribution is -2.51. The van der Waals surface area contributed by atoms with E-state index < -0.39 is 40.2 Å². The van der Waals surface area contributed by atoms with Crippen molar-refractivity contribution in [2.45, 2.75) is 56.0 Å². The minimum Gasteiger partial charge on any atom is -0.484 e. The second-order valence-corrected chi connectivity index (χ2v) is 13.6. The number of nitrogens with one attached hydrogen (secondary N) is 2. The smallest absolute Gasteiger partial charge is 0.261 e. The maximum Gasteiger partial charge on any atom is 0.261 e. The van der Waals surface area contributed by atoms with Gasteiger partial charge in [0, 0.05) is 25.2 Å². The summed E-state index contributed by atoms with van der Waals surface area (Å²) in [6, 6.07) is 24.7. The molecule has 0 heterocycles. The molecule has 8 nitrogen and oxygen atoms in total. The van der Waals surface area contributed by atoms with Crippen LogP contribution in [0.1, 0.15) is 43.2 Å². The van der Waals surface area contributed by atoms with Crippen LogP contribution >= 0.6 is 0 Å². The summed E-state index contributed by atoms with van der Waals surface area (Å²) in [6.07, 6.45) is 7.61. The Bertz CT molecular complexity index is 1830. The van der Waals surface area contributed by atoms with Gasteiger partial charge < -0.3 is 15.0 Å². The largest absolute Gasteiger partial charge is 0.484 e. The first kappa shape index (κ1) is 35.3. The molecule has 4 aromatic carbocycles. The van der Waals surface area contributed by atoms with Crippen molar-refractivity contribution < 1.29 is 31.5 Å². The molecule has 1 unspecified atom stereocenters. The third-order valence-electron chi connectivity index (χ3n) is 8.26. The number of anilines is 1. The van der Waals surface area contributed by atoms with E-state index in [0.29, 0.717) is 12.1 Å². The van der Waals surface area contributed by atoms with Crippen LogP contribution in [-0.4, -0.2) is 44.3 Å². The van der Waals surface area contributed by atoms with Crippen LogP contribution in [0.3, 0.4) is 0 Å². The van der Waals surface area contributed by atoms with Crippen molar-refractivity contribution in [3.8, 4) is 5.75 Å². The van der Waals surface area contributed by atoms with E-state index in [1.165, 1.54) is 65.4 Å².